The quantitative estimate of drug-likeness (QED) is 0.643. The zero-order chi connectivity index (χ0) is 19.2. The number of benzene rings is 2. The van der Waals surface area contributed by atoms with Gasteiger partial charge in [0.25, 0.3) is 0 Å². The Bertz CT molecular complexity index is 776. The molecule has 0 amide bonds. The first-order valence-electron chi connectivity index (χ1n) is 9.15. The van der Waals surface area contributed by atoms with Gasteiger partial charge in [0.15, 0.2) is 5.11 Å². The van der Waals surface area contributed by atoms with E-state index >= 15 is 0 Å². The molecule has 0 aromatic heterocycles. The van der Waals surface area contributed by atoms with Crippen molar-refractivity contribution in [2.45, 2.75) is 38.3 Å². The second kappa shape index (κ2) is 9.29. The van der Waals surface area contributed by atoms with Gasteiger partial charge in [0, 0.05) is 34.9 Å². The van der Waals surface area contributed by atoms with Gasteiger partial charge >= 0.3 is 0 Å². The summed E-state index contributed by atoms with van der Waals surface area (Å²) in [5, 5.41) is 4.79. The number of hydrogen-bond acceptors (Lipinski definition) is 3. The number of thiocarbonyl (C=S) groups is 1. The molecule has 0 bridgehead atoms. The van der Waals surface area contributed by atoms with Crippen molar-refractivity contribution < 1.29 is 9.47 Å². The third kappa shape index (κ3) is 5.05. The summed E-state index contributed by atoms with van der Waals surface area (Å²) in [6.45, 7) is 0.692. The molecule has 0 heterocycles. The monoisotopic (exact) mass is 404 g/mol. The molecule has 3 rings (SSSR count). The molecule has 1 aliphatic rings. The van der Waals surface area contributed by atoms with Gasteiger partial charge < -0.3 is 19.7 Å². The maximum Gasteiger partial charge on any atom is 0.173 e. The second-order valence-electron chi connectivity index (χ2n) is 6.68. The lowest BCUT2D eigenvalue weighted by Crippen LogP contribution is -2.41. The Kier molecular flexibility index (Phi) is 6.80. The molecule has 1 fully saturated rings. The maximum atomic E-state index is 5.98. The van der Waals surface area contributed by atoms with Crippen LogP contribution in [0.4, 0.5) is 5.69 Å². The number of rotatable bonds is 6. The van der Waals surface area contributed by atoms with Gasteiger partial charge in [-0.1, -0.05) is 24.4 Å². The smallest absolute Gasteiger partial charge is 0.173 e. The lowest BCUT2D eigenvalue weighted by molar-refractivity contribution is 0.304. The predicted molar refractivity (Wildman–Crippen MR) is 115 cm³/mol. The van der Waals surface area contributed by atoms with Gasteiger partial charge in [0.05, 0.1) is 14.2 Å². The molecule has 27 heavy (non-hydrogen) atoms. The summed E-state index contributed by atoms with van der Waals surface area (Å²) in [5.74, 6) is 1.59. The molecule has 6 heteroatoms. The van der Waals surface area contributed by atoms with Crippen LogP contribution >= 0.6 is 23.8 Å². The molecule has 0 radical (unpaired) electrons. The minimum atomic E-state index is 0.434. The SMILES string of the molecule is COc1ccc(CN(C(=S)Nc2ccc(Cl)cc2)C2CCCC2)c(OC)c1. The van der Waals surface area contributed by atoms with Crippen LogP contribution in [0.15, 0.2) is 42.5 Å². The normalized spacial score (nSPS) is 14.0. The highest BCUT2D eigenvalue weighted by atomic mass is 35.5. The molecule has 0 atom stereocenters. The minimum absolute atomic E-state index is 0.434. The Morgan fingerprint density at radius 2 is 1.81 bits per heavy atom. The van der Waals surface area contributed by atoms with E-state index in [9.17, 15) is 0 Å². The van der Waals surface area contributed by atoms with E-state index in [2.05, 4.69) is 10.2 Å². The van der Waals surface area contributed by atoms with E-state index in [1.807, 2.05) is 42.5 Å². The maximum absolute atomic E-state index is 5.98. The van der Waals surface area contributed by atoms with Crippen LogP contribution in [0.1, 0.15) is 31.2 Å². The number of ether oxygens (including phenoxy) is 2. The number of anilines is 1. The molecular weight excluding hydrogens is 380 g/mol. The summed E-state index contributed by atoms with van der Waals surface area (Å²) in [7, 11) is 3.34. The first-order chi connectivity index (χ1) is 13.1. The van der Waals surface area contributed by atoms with E-state index < -0.39 is 0 Å². The van der Waals surface area contributed by atoms with Gasteiger partial charge in [-0.15, -0.1) is 0 Å². The Morgan fingerprint density at radius 3 is 2.44 bits per heavy atom. The van der Waals surface area contributed by atoms with Crippen LogP contribution in [0.25, 0.3) is 0 Å². The van der Waals surface area contributed by atoms with Crippen molar-refractivity contribution in [3.8, 4) is 11.5 Å². The van der Waals surface area contributed by atoms with E-state index in [0.717, 1.165) is 40.7 Å². The molecule has 1 saturated carbocycles. The molecule has 144 valence electrons. The Balaban J connectivity index is 1.81. The van der Waals surface area contributed by atoms with Gasteiger partial charge in [-0.05, 0) is 61.5 Å². The second-order valence-corrected chi connectivity index (χ2v) is 7.50. The van der Waals surface area contributed by atoms with E-state index in [1.165, 1.54) is 12.8 Å². The van der Waals surface area contributed by atoms with Crippen LogP contribution < -0.4 is 14.8 Å². The van der Waals surface area contributed by atoms with E-state index in [-0.39, 0.29) is 0 Å². The molecule has 0 spiro atoms. The number of hydrogen-bond donors (Lipinski definition) is 1. The molecule has 2 aromatic rings. The van der Waals surface area contributed by atoms with Crippen molar-refractivity contribution in [2.24, 2.45) is 0 Å². The van der Waals surface area contributed by atoms with Crippen LogP contribution in [0.2, 0.25) is 5.02 Å². The van der Waals surface area contributed by atoms with Gasteiger partial charge in [-0.25, -0.2) is 0 Å². The van der Waals surface area contributed by atoms with E-state index in [0.29, 0.717) is 17.6 Å². The average molecular weight is 405 g/mol. The Labute approximate surface area is 171 Å². The van der Waals surface area contributed by atoms with Crippen LogP contribution in [0.5, 0.6) is 11.5 Å². The van der Waals surface area contributed by atoms with E-state index in [4.69, 9.17) is 33.3 Å². The molecule has 0 unspecified atom stereocenters. The van der Waals surface area contributed by atoms with E-state index in [1.54, 1.807) is 14.2 Å². The molecule has 4 nitrogen and oxygen atoms in total. The van der Waals surface area contributed by atoms with Crippen LogP contribution in [0.3, 0.4) is 0 Å². The fraction of sp³-hybridized carbons (Fsp3) is 0.381. The fourth-order valence-corrected chi connectivity index (χ4v) is 3.93. The van der Waals surface area contributed by atoms with Crippen molar-refractivity contribution in [2.75, 3.05) is 19.5 Å². The summed E-state index contributed by atoms with van der Waals surface area (Å²) in [5.41, 5.74) is 2.03. The van der Waals surface area contributed by atoms with Gasteiger partial charge in [0.2, 0.25) is 0 Å². The topological polar surface area (TPSA) is 33.7 Å². The van der Waals surface area contributed by atoms with Crippen molar-refractivity contribution in [3.63, 3.8) is 0 Å². The summed E-state index contributed by atoms with van der Waals surface area (Å²) >= 11 is 11.8. The highest BCUT2D eigenvalue weighted by molar-refractivity contribution is 7.80. The third-order valence-electron chi connectivity index (χ3n) is 4.96. The average Bonchev–Trinajstić information content (AvgIpc) is 3.22. The van der Waals surface area contributed by atoms with Crippen molar-refractivity contribution in [3.05, 3.63) is 53.1 Å². The van der Waals surface area contributed by atoms with Gasteiger partial charge in [0.1, 0.15) is 11.5 Å². The largest absolute Gasteiger partial charge is 0.497 e. The minimum Gasteiger partial charge on any atom is -0.497 e. The molecule has 2 aromatic carbocycles. The highest BCUT2D eigenvalue weighted by Crippen LogP contribution is 2.30. The van der Waals surface area contributed by atoms with Crippen molar-refractivity contribution in [1.82, 2.24) is 4.90 Å². The molecule has 1 aliphatic carbocycles. The van der Waals surface area contributed by atoms with Crippen molar-refractivity contribution >= 4 is 34.6 Å². The van der Waals surface area contributed by atoms with Gasteiger partial charge in [-0.3, -0.25) is 0 Å². The summed E-state index contributed by atoms with van der Waals surface area (Å²) < 4.78 is 10.9. The van der Waals surface area contributed by atoms with Crippen LogP contribution in [-0.4, -0.2) is 30.3 Å². The summed E-state index contributed by atoms with van der Waals surface area (Å²) in [6, 6.07) is 14.0. The molecular formula is C21H25ClN2O2S. The Morgan fingerprint density at radius 1 is 1.11 bits per heavy atom. The number of nitrogens with one attached hydrogen (secondary N) is 1. The number of nitrogens with zero attached hydrogens (tertiary/aromatic N) is 1. The lowest BCUT2D eigenvalue weighted by Gasteiger charge is -2.32. The first-order valence-corrected chi connectivity index (χ1v) is 9.93. The van der Waals surface area contributed by atoms with Crippen molar-refractivity contribution in [1.29, 1.82) is 0 Å². The fourth-order valence-electron chi connectivity index (χ4n) is 3.48. The molecule has 0 saturated heterocycles. The number of halogens is 1. The third-order valence-corrected chi connectivity index (χ3v) is 5.55. The lowest BCUT2D eigenvalue weighted by atomic mass is 10.1. The molecule has 0 aliphatic heterocycles. The van der Waals surface area contributed by atoms with Gasteiger partial charge in [-0.2, -0.15) is 0 Å². The highest BCUT2D eigenvalue weighted by Gasteiger charge is 2.26. The van der Waals surface area contributed by atoms with Crippen LogP contribution in [-0.2, 0) is 6.54 Å². The zero-order valence-electron chi connectivity index (χ0n) is 15.7. The number of methoxy groups -OCH3 is 2. The molecule has 1 N–H and O–H groups in total. The first kappa shape index (κ1) is 19.8. The summed E-state index contributed by atoms with van der Waals surface area (Å²) in [4.78, 5) is 2.28. The summed E-state index contributed by atoms with van der Waals surface area (Å²) in [6.07, 6.45) is 4.79. The predicted octanol–water partition coefficient (Wildman–Crippen LogP) is 5.50. The Hall–Kier alpha value is -1.98. The van der Waals surface area contributed by atoms with Crippen LogP contribution in [0, 0.1) is 0 Å². The standard InChI is InChI=1S/C21H25ClN2O2S/c1-25-19-12-7-15(20(13-19)26-2)14-24(18-5-3-4-6-18)21(27)23-17-10-8-16(22)9-11-17/h7-13,18H,3-6,14H2,1-2H3,(H,23,27). The zero-order valence-corrected chi connectivity index (χ0v) is 17.3.